The summed E-state index contributed by atoms with van der Waals surface area (Å²) in [5, 5.41) is 7.38. The van der Waals surface area contributed by atoms with Crippen molar-refractivity contribution in [1.29, 1.82) is 0 Å². The highest BCUT2D eigenvalue weighted by molar-refractivity contribution is 6.08. The van der Waals surface area contributed by atoms with Gasteiger partial charge in [0.2, 0.25) is 0 Å². The number of hydrogen-bond acceptors (Lipinski definition) is 4. The van der Waals surface area contributed by atoms with Gasteiger partial charge in [0.15, 0.2) is 5.65 Å². The van der Waals surface area contributed by atoms with Crippen LogP contribution in [0.2, 0.25) is 0 Å². The van der Waals surface area contributed by atoms with E-state index >= 15 is 0 Å². The zero-order valence-electron chi connectivity index (χ0n) is 19.6. The molecule has 2 aromatic carbocycles. The lowest BCUT2D eigenvalue weighted by Crippen LogP contribution is -2.38. The van der Waals surface area contributed by atoms with Gasteiger partial charge in [-0.3, -0.25) is 14.5 Å². The number of amides is 1. The number of carbonyl (C=O) groups is 1. The summed E-state index contributed by atoms with van der Waals surface area (Å²) < 4.78 is 3.49. The van der Waals surface area contributed by atoms with E-state index in [1.54, 1.807) is 0 Å². The summed E-state index contributed by atoms with van der Waals surface area (Å²) in [4.78, 5) is 29.0. The van der Waals surface area contributed by atoms with Crippen LogP contribution >= 0.6 is 0 Å². The lowest BCUT2D eigenvalue weighted by molar-refractivity contribution is 0.102. The van der Waals surface area contributed by atoms with Crippen molar-refractivity contribution in [3.63, 3.8) is 0 Å². The average molecular weight is 456 g/mol. The number of nitrogens with zero attached hydrogens (tertiary/aromatic N) is 4. The predicted octanol–water partition coefficient (Wildman–Crippen LogP) is 3.89. The number of rotatable bonds is 6. The minimum absolute atomic E-state index is 0.138. The summed E-state index contributed by atoms with van der Waals surface area (Å²) in [6.07, 6.45) is 3.09. The van der Waals surface area contributed by atoms with Crippen LogP contribution in [-0.4, -0.2) is 31.5 Å². The third-order valence-corrected chi connectivity index (χ3v) is 6.63. The number of para-hydroxylation sites is 1. The zero-order chi connectivity index (χ0) is 23.7. The molecular weight excluding hydrogens is 426 g/mol. The first kappa shape index (κ1) is 22.1. The first-order chi connectivity index (χ1) is 16.6. The van der Waals surface area contributed by atoms with Gasteiger partial charge in [-0.15, -0.1) is 0 Å². The molecule has 0 unspecified atom stereocenters. The molecule has 4 aromatic rings. The van der Waals surface area contributed by atoms with E-state index in [1.807, 2.05) is 49.4 Å². The van der Waals surface area contributed by atoms with Crippen molar-refractivity contribution >= 4 is 17.2 Å². The summed E-state index contributed by atoms with van der Waals surface area (Å²) in [6, 6.07) is 18.1. The van der Waals surface area contributed by atoms with Crippen molar-refractivity contribution in [2.24, 2.45) is 0 Å². The normalized spacial score (nSPS) is 13.7. The van der Waals surface area contributed by atoms with E-state index in [0.717, 1.165) is 48.4 Å². The van der Waals surface area contributed by atoms with Crippen LogP contribution in [0.5, 0.6) is 0 Å². The van der Waals surface area contributed by atoms with E-state index in [4.69, 9.17) is 0 Å². The van der Waals surface area contributed by atoms with Crippen molar-refractivity contribution in [1.82, 2.24) is 19.1 Å². The molecule has 3 heterocycles. The number of aryl methyl sites for hydroxylation is 2. The highest BCUT2D eigenvalue weighted by atomic mass is 16.2. The number of fused-ring (bicyclic) bond motifs is 2. The Morgan fingerprint density at radius 3 is 2.59 bits per heavy atom. The number of anilines is 1. The number of nitrogens with one attached hydrogen (secondary N) is 1. The Bertz CT molecular complexity index is 1400. The molecule has 34 heavy (non-hydrogen) atoms. The largest absolute Gasteiger partial charge is 0.329 e. The molecule has 0 saturated carbocycles. The molecular formula is C27H29N5O2. The van der Waals surface area contributed by atoms with Crippen LogP contribution < -0.4 is 10.9 Å². The Morgan fingerprint density at radius 1 is 1.06 bits per heavy atom. The van der Waals surface area contributed by atoms with Crippen molar-refractivity contribution in [3.05, 3.63) is 99.1 Å². The maximum atomic E-state index is 13.5. The summed E-state index contributed by atoms with van der Waals surface area (Å²) in [6.45, 7) is 6.99. The van der Waals surface area contributed by atoms with Gasteiger partial charge in [0.25, 0.3) is 11.5 Å². The lowest BCUT2D eigenvalue weighted by Gasteiger charge is -2.30. The standard InChI is InChI=1S/C27H29N5O2/c1-3-20-12-8-9-13-23(20)29-25(33)21-16-28-32-26(21)31(4-2)24-14-15-30(18-22(24)27(32)34)17-19-10-6-5-7-11-19/h5-13,16H,3-4,14-15,17-18H2,1-2H3,(H,29,33). The van der Waals surface area contributed by atoms with Crippen LogP contribution in [0.1, 0.15) is 46.6 Å². The van der Waals surface area contributed by atoms with Gasteiger partial charge in [0.1, 0.15) is 5.56 Å². The number of hydrogen-bond donors (Lipinski definition) is 1. The fourth-order valence-electron chi connectivity index (χ4n) is 4.92. The molecule has 0 radical (unpaired) electrons. The van der Waals surface area contributed by atoms with Gasteiger partial charge in [-0.05, 0) is 30.5 Å². The summed E-state index contributed by atoms with van der Waals surface area (Å²) in [7, 11) is 0. The van der Waals surface area contributed by atoms with Crippen LogP contribution in [0.15, 0.2) is 65.6 Å². The molecule has 7 nitrogen and oxygen atoms in total. The first-order valence-corrected chi connectivity index (χ1v) is 11.9. The topological polar surface area (TPSA) is 71.6 Å². The summed E-state index contributed by atoms with van der Waals surface area (Å²) in [5.74, 6) is -0.251. The molecule has 2 aromatic heterocycles. The van der Waals surface area contributed by atoms with E-state index in [1.165, 1.54) is 16.3 Å². The van der Waals surface area contributed by atoms with E-state index in [2.05, 4.69) is 38.9 Å². The molecule has 0 spiro atoms. The maximum Gasteiger partial charge on any atom is 0.279 e. The fraction of sp³-hybridized carbons (Fsp3) is 0.296. The molecule has 5 rings (SSSR count). The average Bonchev–Trinajstić information content (AvgIpc) is 3.31. The summed E-state index contributed by atoms with van der Waals surface area (Å²) in [5.41, 5.74) is 5.70. The van der Waals surface area contributed by atoms with Crippen molar-refractivity contribution < 1.29 is 4.79 Å². The SMILES string of the molecule is CCc1ccccc1NC(=O)c1cnn2c(=O)c3c(n(CC)c12)CCN(Cc1ccccc1)C3. The maximum absolute atomic E-state index is 13.5. The van der Waals surface area contributed by atoms with E-state index in [-0.39, 0.29) is 11.5 Å². The van der Waals surface area contributed by atoms with Crippen LogP contribution in [0.25, 0.3) is 5.65 Å². The second kappa shape index (κ2) is 9.27. The molecule has 1 N–H and O–H groups in total. The van der Waals surface area contributed by atoms with E-state index < -0.39 is 0 Å². The second-order valence-corrected chi connectivity index (χ2v) is 8.68. The lowest BCUT2D eigenvalue weighted by atomic mass is 10.0. The van der Waals surface area contributed by atoms with Gasteiger partial charge in [-0.1, -0.05) is 55.5 Å². The Kier molecular flexibility index (Phi) is 6.02. The molecule has 174 valence electrons. The Balaban J connectivity index is 1.51. The smallest absolute Gasteiger partial charge is 0.279 e. The van der Waals surface area contributed by atoms with Gasteiger partial charge in [-0.2, -0.15) is 9.61 Å². The molecule has 0 aliphatic carbocycles. The quantitative estimate of drug-likeness (QED) is 0.479. The third kappa shape index (κ3) is 3.92. The van der Waals surface area contributed by atoms with E-state index in [9.17, 15) is 9.59 Å². The second-order valence-electron chi connectivity index (χ2n) is 8.68. The molecule has 0 atom stereocenters. The molecule has 0 fully saturated rings. The minimum Gasteiger partial charge on any atom is -0.329 e. The van der Waals surface area contributed by atoms with Gasteiger partial charge in [0, 0.05) is 44.0 Å². The zero-order valence-corrected chi connectivity index (χ0v) is 19.6. The van der Waals surface area contributed by atoms with Gasteiger partial charge in [0.05, 0.1) is 11.8 Å². The molecule has 0 saturated heterocycles. The molecule has 1 aliphatic heterocycles. The van der Waals surface area contributed by atoms with Crippen molar-refractivity contribution in [2.45, 2.75) is 46.3 Å². The van der Waals surface area contributed by atoms with Crippen LogP contribution in [0.4, 0.5) is 5.69 Å². The molecule has 0 bridgehead atoms. The number of benzene rings is 2. The van der Waals surface area contributed by atoms with Gasteiger partial charge >= 0.3 is 0 Å². The highest BCUT2D eigenvalue weighted by Gasteiger charge is 2.27. The monoisotopic (exact) mass is 455 g/mol. The van der Waals surface area contributed by atoms with Crippen molar-refractivity contribution in [3.8, 4) is 0 Å². The summed E-state index contributed by atoms with van der Waals surface area (Å²) >= 11 is 0. The Hall–Kier alpha value is -3.71. The Labute approximate surface area is 198 Å². The minimum atomic E-state index is -0.251. The van der Waals surface area contributed by atoms with Crippen LogP contribution in [0, 0.1) is 0 Å². The van der Waals surface area contributed by atoms with Crippen molar-refractivity contribution in [2.75, 3.05) is 11.9 Å². The first-order valence-electron chi connectivity index (χ1n) is 11.9. The number of aromatic nitrogens is 3. The third-order valence-electron chi connectivity index (χ3n) is 6.63. The predicted molar refractivity (Wildman–Crippen MR) is 133 cm³/mol. The molecule has 1 aliphatic rings. The van der Waals surface area contributed by atoms with Crippen LogP contribution in [0.3, 0.4) is 0 Å². The van der Waals surface area contributed by atoms with Crippen LogP contribution in [-0.2, 0) is 32.5 Å². The van der Waals surface area contributed by atoms with Gasteiger partial charge in [-0.25, -0.2) is 0 Å². The molecule has 1 amide bonds. The highest BCUT2D eigenvalue weighted by Crippen LogP contribution is 2.23. The fourth-order valence-corrected chi connectivity index (χ4v) is 4.92. The molecule has 7 heteroatoms. The Morgan fingerprint density at radius 2 is 1.82 bits per heavy atom. The van der Waals surface area contributed by atoms with Gasteiger partial charge < -0.3 is 9.88 Å². The number of carbonyl (C=O) groups excluding carboxylic acids is 1. The van der Waals surface area contributed by atoms with E-state index in [0.29, 0.717) is 24.3 Å².